The van der Waals surface area contributed by atoms with E-state index in [-0.39, 0.29) is 6.04 Å². The van der Waals surface area contributed by atoms with Crippen LogP contribution in [0.2, 0.25) is 0 Å². The molecule has 1 atom stereocenters. The monoisotopic (exact) mass is 278 g/mol. The first-order valence-electron chi connectivity index (χ1n) is 7.01. The predicted molar refractivity (Wildman–Crippen MR) is 83.2 cm³/mol. The Morgan fingerprint density at radius 1 is 1.10 bits per heavy atom. The largest absolute Gasteiger partial charge is 0.322 e. The Hall–Kier alpha value is -2.46. The molecular weight excluding hydrogens is 260 g/mol. The Morgan fingerprint density at radius 3 is 2.67 bits per heavy atom. The first-order chi connectivity index (χ1) is 10.2. The maximum atomic E-state index is 6.25. The molecule has 0 spiro atoms. The van der Waals surface area contributed by atoms with E-state index in [4.69, 9.17) is 5.73 Å². The van der Waals surface area contributed by atoms with Crippen molar-refractivity contribution >= 4 is 0 Å². The fraction of sp³-hybridized carbons (Fsp3) is 0.176. The highest BCUT2D eigenvalue weighted by atomic mass is 15.5. The van der Waals surface area contributed by atoms with E-state index >= 15 is 0 Å². The van der Waals surface area contributed by atoms with E-state index < -0.39 is 0 Å². The summed E-state index contributed by atoms with van der Waals surface area (Å²) in [6.07, 6.45) is 2.50. The molecule has 0 radical (unpaired) electrons. The number of hydrogen-bond acceptors (Lipinski definition) is 3. The molecule has 2 N–H and O–H groups in total. The van der Waals surface area contributed by atoms with Crippen LogP contribution in [0, 0.1) is 6.92 Å². The molecule has 3 rings (SSSR count). The maximum Gasteiger partial charge on any atom is 0.100 e. The van der Waals surface area contributed by atoms with Gasteiger partial charge >= 0.3 is 0 Å². The van der Waals surface area contributed by atoms with Crippen LogP contribution < -0.4 is 5.73 Å². The van der Waals surface area contributed by atoms with Crippen molar-refractivity contribution in [2.24, 2.45) is 5.73 Å². The zero-order valence-electron chi connectivity index (χ0n) is 12.0. The zero-order valence-corrected chi connectivity index (χ0v) is 12.0. The zero-order chi connectivity index (χ0) is 14.7. The van der Waals surface area contributed by atoms with Crippen LogP contribution in [0.25, 0.3) is 5.69 Å². The number of rotatable bonds is 4. The molecule has 3 aromatic rings. The molecule has 1 unspecified atom stereocenters. The molecule has 1 aromatic heterocycles. The van der Waals surface area contributed by atoms with Crippen LogP contribution in [0.3, 0.4) is 0 Å². The minimum atomic E-state index is -0.149. The summed E-state index contributed by atoms with van der Waals surface area (Å²) in [7, 11) is 0. The summed E-state index contributed by atoms with van der Waals surface area (Å²) in [6, 6.07) is 18.1. The van der Waals surface area contributed by atoms with Gasteiger partial charge in [0.1, 0.15) is 5.69 Å². The van der Waals surface area contributed by atoms with Gasteiger partial charge in [-0.25, -0.2) is 0 Å². The Kier molecular flexibility index (Phi) is 3.79. The topological polar surface area (TPSA) is 56.7 Å². The first-order valence-corrected chi connectivity index (χ1v) is 7.01. The van der Waals surface area contributed by atoms with E-state index in [9.17, 15) is 0 Å². The maximum absolute atomic E-state index is 6.25. The third-order valence-electron chi connectivity index (χ3n) is 3.41. The van der Waals surface area contributed by atoms with Gasteiger partial charge in [0, 0.05) is 0 Å². The number of nitrogens with zero attached hydrogens (tertiary/aromatic N) is 3. The van der Waals surface area contributed by atoms with Gasteiger partial charge in [-0.3, -0.25) is 0 Å². The van der Waals surface area contributed by atoms with Gasteiger partial charge in [0.2, 0.25) is 0 Å². The van der Waals surface area contributed by atoms with E-state index in [1.807, 2.05) is 30.3 Å². The van der Waals surface area contributed by atoms with Gasteiger partial charge < -0.3 is 5.73 Å². The van der Waals surface area contributed by atoms with Crippen molar-refractivity contribution in [2.75, 3.05) is 0 Å². The molecule has 21 heavy (non-hydrogen) atoms. The van der Waals surface area contributed by atoms with Crippen molar-refractivity contribution in [2.45, 2.75) is 19.4 Å². The molecule has 4 nitrogen and oxygen atoms in total. The minimum Gasteiger partial charge on any atom is -0.322 e. The molecule has 0 fully saturated rings. The summed E-state index contributed by atoms with van der Waals surface area (Å²) in [5.41, 5.74) is 10.5. The number of aromatic nitrogens is 3. The lowest BCUT2D eigenvalue weighted by Crippen LogP contribution is -2.14. The molecule has 2 aromatic carbocycles. The average Bonchev–Trinajstić information content (AvgIpc) is 2.98. The minimum absolute atomic E-state index is 0.149. The van der Waals surface area contributed by atoms with E-state index in [2.05, 4.69) is 41.4 Å². The quantitative estimate of drug-likeness (QED) is 0.798. The van der Waals surface area contributed by atoms with Crippen molar-refractivity contribution in [1.29, 1.82) is 0 Å². The lowest BCUT2D eigenvalue weighted by atomic mass is 10.0. The van der Waals surface area contributed by atoms with Crippen LogP contribution in [0.15, 0.2) is 60.8 Å². The summed E-state index contributed by atoms with van der Waals surface area (Å²) >= 11 is 0. The van der Waals surface area contributed by atoms with Gasteiger partial charge in [0.25, 0.3) is 0 Å². The van der Waals surface area contributed by atoms with Crippen LogP contribution in [0.4, 0.5) is 0 Å². The van der Waals surface area contributed by atoms with E-state index in [0.717, 1.165) is 17.8 Å². The van der Waals surface area contributed by atoms with Crippen molar-refractivity contribution in [3.8, 4) is 5.69 Å². The molecule has 0 aliphatic rings. The second-order valence-electron chi connectivity index (χ2n) is 5.19. The highest BCUT2D eigenvalue weighted by molar-refractivity contribution is 5.29. The second kappa shape index (κ2) is 5.89. The number of aryl methyl sites for hydroxylation is 1. The molecule has 106 valence electrons. The smallest absolute Gasteiger partial charge is 0.100 e. The third kappa shape index (κ3) is 3.17. The fourth-order valence-corrected chi connectivity index (χ4v) is 2.33. The van der Waals surface area contributed by atoms with E-state index in [0.29, 0.717) is 0 Å². The van der Waals surface area contributed by atoms with Gasteiger partial charge in [-0.1, -0.05) is 48.0 Å². The van der Waals surface area contributed by atoms with Gasteiger partial charge in [-0.05, 0) is 31.0 Å². The van der Waals surface area contributed by atoms with Crippen LogP contribution in [-0.2, 0) is 6.42 Å². The molecule has 4 heteroatoms. The van der Waals surface area contributed by atoms with Crippen molar-refractivity contribution in [3.63, 3.8) is 0 Å². The third-order valence-corrected chi connectivity index (χ3v) is 3.41. The van der Waals surface area contributed by atoms with Crippen LogP contribution in [0.1, 0.15) is 22.9 Å². The van der Waals surface area contributed by atoms with Crippen LogP contribution in [0.5, 0.6) is 0 Å². The van der Waals surface area contributed by atoms with Gasteiger partial charge in [0.15, 0.2) is 0 Å². The predicted octanol–water partition coefficient (Wildman–Crippen LogP) is 2.82. The molecule has 0 saturated carbocycles. The molecule has 0 aliphatic heterocycles. The van der Waals surface area contributed by atoms with E-state index in [1.54, 1.807) is 11.0 Å². The molecule has 0 amide bonds. The standard InChI is InChI=1S/C17H18N4/c1-13-6-5-7-14(10-13)11-16(18)17-12-19-21(20-17)15-8-3-2-4-9-15/h2-10,12,16H,11,18H2,1H3. The Bertz CT molecular complexity index is 718. The summed E-state index contributed by atoms with van der Waals surface area (Å²) < 4.78 is 0. The Balaban J connectivity index is 1.77. The summed E-state index contributed by atoms with van der Waals surface area (Å²) in [6.45, 7) is 2.08. The molecule has 0 aliphatic carbocycles. The average molecular weight is 278 g/mol. The van der Waals surface area contributed by atoms with Crippen molar-refractivity contribution in [3.05, 3.63) is 77.6 Å². The number of para-hydroxylation sites is 1. The molecule has 0 saturated heterocycles. The molecule has 1 heterocycles. The van der Waals surface area contributed by atoms with Crippen LogP contribution in [-0.4, -0.2) is 15.0 Å². The Morgan fingerprint density at radius 2 is 1.90 bits per heavy atom. The lowest BCUT2D eigenvalue weighted by molar-refractivity contribution is 0.666. The highest BCUT2D eigenvalue weighted by Crippen LogP contribution is 2.15. The Labute approximate surface area is 124 Å². The molecule has 0 bridgehead atoms. The van der Waals surface area contributed by atoms with Crippen LogP contribution >= 0.6 is 0 Å². The number of benzene rings is 2. The highest BCUT2D eigenvalue weighted by Gasteiger charge is 2.12. The normalized spacial score (nSPS) is 12.3. The number of nitrogens with two attached hydrogens (primary N) is 1. The van der Waals surface area contributed by atoms with Crippen molar-refractivity contribution in [1.82, 2.24) is 15.0 Å². The van der Waals surface area contributed by atoms with Gasteiger partial charge in [-0.2, -0.15) is 15.0 Å². The summed E-state index contributed by atoms with van der Waals surface area (Å²) in [4.78, 5) is 1.62. The van der Waals surface area contributed by atoms with E-state index in [1.165, 1.54) is 11.1 Å². The van der Waals surface area contributed by atoms with Gasteiger partial charge in [0.05, 0.1) is 17.9 Å². The molecular formula is C17H18N4. The SMILES string of the molecule is Cc1cccc(CC(N)c2cnn(-c3ccccc3)n2)c1. The summed E-state index contributed by atoms with van der Waals surface area (Å²) in [5.74, 6) is 0. The van der Waals surface area contributed by atoms with Crippen molar-refractivity contribution < 1.29 is 0 Å². The van der Waals surface area contributed by atoms with Gasteiger partial charge in [-0.15, -0.1) is 0 Å². The fourth-order valence-electron chi connectivity index (χ4n) is 2.33. The summed E-state index contributed by atoms with van der Waals surface area (Å²) in [5, 5.41) is 8.77. The number of hydrogen-bond donors (Lipinski definition) is 1. The second-order valence-corrected chi connectivity index (χ2v) is 5.19. The first kappa shape index (κ1) is 13.5. The lowest BCUT2D eigenvalue weighted by Gasteiger charge is -2.09.